The van der Waals surface area contributed by atoms with Gasteiger partial charge < -0.3 is 5.11 Å². The topological polar surface area (TPSA) is 57.6 Å². The van der Waals surface area contributed by atoms with Gasteiger partial charge in [0, 0.05) is 12.6 Å². The summed E-state index contributed by atoms with van der Waals surface area (Å²) in [5, 5.41) is 9.31. The second-order valence-electron chi connectivity index (χ2n) is 4.76. The SMILES string of the molecule is Cc1ccc(S(=O)(=O)N2CCCC[C@@H]2CO)cc1. The normalized spacial score (nSPS) is 22.0. The summed E-state index contributed by atoms with van der Waals surface area (Å²) in [6.07, 6.45) is 2.58. The Morgan fingerprint density at radius 3 is 2.56 bits per heavy atom. The van der Waals surface area contributed by atoms with Gasteiger partial charge in [0.15, 0.2) is 0 Å². The van der Waals surface area contributed by atoms with Gasteiger partial charge in [-0.05, 0) is 31.9 Å². The molecule has 0 saturated carbocycles. The Kier molecular flexibility index (Phi) is 4.04. The lowest BCUT2D eigenvalue weighted by Crippen LogP contribution is -2.45. The van der Waals surface area contributed by atoms with Gasteiger partial charge in [0.1, 0.15) is 0 Å². The Morgan fingerprint density at radius 1 is 1.28 bits per heavy atom. The van der Waals surface area contributed by atoms with Gasteiger partial charge in [-0.25, -0.2) is 8.42 Å². The van der Waals surface area contributed by atoms with Crippen LogP contribution in [0.2, 0.25) is 0 Å². The molecule has 18 heavy (non-hydrogen) atoms. The van der Waals surface area contributed by atoms with E-state index >= 15 is 0 Å². The van der Waals surface area contributed by atoms with Crippen molar-refractivity contribution in [3.05, 3.63) is 29.8 Å². The Labute approximate surface area is 108 Å². The molecule has 0 unspecified atom stereocenters. The fraction of sp³-hybridized carbons (Fsp3) is 0.538. The molecule has 0 radical (unpaired) electrons. The summed E-state index contributed by atoms with van der Waals surface area (Å²) in [5.41, 5.74) is 1.03. The van der Waals surface area contributed by atoms with Gasteiger partial charge in [0.05, 0.1) is 11.5 Å². The highest BCUT2D eigenvalue weighted by atomic mass is 32.2. The molecule has 1 fully saturated rings. The predicted molar refractivity (Wildman–Crippen MR) is 69.8 cm³/mol. The third kappa shape index (κ3) is 2.58. The fourth-order valence-corrected chi connectivity index (χ4v) is 4.00. The van der Waals surface area contributed by atoms with E-state index in [0.717, 1.165) is 24.8 Å². The number of hydrogen-bond donors (Lipinski definition) is 1. The average molecular weight is 269 g/mol. The molecule has 0 spiro atoms. The number of aliphatic hydroxyl groups is 1. The molecule has 0 aliphatic carbocycles. The molecule has 5 heteroatoms. The van der Waals surface area contributed by atoms with Gasteiger partial charge in [-0.15, -0.1) is 0 Å². The van der Waals surface area contributed by atoms with Crippen molar-refractivity contribution in [3.63, 3.8) is 0 Å². The van der Waals surface area contributed by atoms with E-state index in [0.29, 0.717) is 11.4 Å². The number of aryl methyl sites for hydroxylation is 1. The maximum absolute atomic E-state index is 12.5. The minimum Gasteiger partial charge on any atom is -0.395 e. The van der Waals surface area contributed by atoms with Gasteiger partial charge in [-0.1, -0.05) is 24.1 Å². The number of sulfonamides is 1. The van der Waals surface area contributed by atoms with Crippen molar-refractivity contribution in [1.82, 2.24) is 4.31 Å². The number of benzene rings is 1. The summed E-state index contributed by atoms with van der Waals surface area (Å²) < 4.78 is 26.4. The van der Waals surface area contributed by atoms with Crippen LogP contribution in [-0.2, 0) is 10.0 Å². The zero-order valence-corrected chi connectivity index (χ0v) is 11.4. The molecule has 0 bridgehead atoms. The van der Waals surface area contributed by atoms with E-state index in [1.54, 1.807) is 24.3 Å². The van der Waals surface area contributed by atoms with Crippen molar-refractivity contribution in [2.45, 2.75) is 37.1 Å². The van der Waals surface area contributed by atoms with E-state index in [9.17, 15) is 13.5 Å². The first-order valence-corrected chi connectivity index (χ1v) is 7.69. The molecule has 1 atom stereocenters. The van der Waals surface area contributed by atoms with Crippen LogP contribution in [0.3, 0.4) is 0 Å². The van der Waals surface area contributed by atoms with Crippen LogP contribution >= 0.6 is 0 Å². The van der Waals surface area contributed by atoms with E-state index in [1.165, 1.54) is 4.31 Å². The number of rotatable bonds is 3. The summed E-state index contributed by atoms with van der Waals surface area (Å²) in [5.74, 6) is 0. The molecule has 100 valence electrons. The minimum absolute atomic E-state index is 0.106. The lowest BCUT2D eigenvalue weighted by molar-refractivity contribution is 0.155. The maximum Gasteiger partial charge on any atom is 0.243 e. The van der Waals surface area contributed by atoms with Crippen molar-refractivity contribution in [2.24, 2.45) is 0 Å². The number of piperidine rings is 1. The van der Waals surface area contributed by atoms with Crippen molar-refractivity contribution in [1.29, 1.82) is 0 Å². The molecule has 0 aromatic heterocycles. The second-order valence-corrected chi connectivity index (χ2v) is 6.65. The smallest absolute Gasteiger partial charge is 0.243 e. The third-order valence-corrected chi connectivity index (χ3v) is 5.38. The van der Waals surface area contributed by atoms with E-state index in [2.05, 4.69) is 0 Å². The number of nitrogens with zero attached hydrogens (tertiary/aromatic N) is 1. The summed E-state index contributed by atoms with van der Waals surface area (Å²) in [7, 11) is -3.47. The van der Waals surface area contributed by atoms with Gasteiger partial charge in [-0.2, -0.15) is 4.31 Å². The first kappa shape index (κ1) is 13.5. The molecule has 1 saturated heterocycles. The molecule has 1 N–H and O–H groups in total. The van der Waals surface area contributed by atoms with Crippen LogP contribution in [-0.4, -0.2) is 37.0 Å². The highest BCUT2D eigenvalue weighted by molar-refractivity contribution is 7.89. The molecule has 1 aromatic carbocycles. The Morgan fingerprint density at radius 2 is 1.94 bits per heavy atom. The fourth-order valence-electron chi connectivity index (χ4n) is 2.32. The van der Waals surface area contributed by atoms with E-state index in [1.807, 2.05) is 6.92 Å². The highest BCUT2D eigenvalue weighted by Gasteiger charge is 2.32. The molecule has 0 amide bonds. The van der Waals surface area contributed by atoms with Gasteiger partial charge >= 0.3 is 0 Å². The molecular formula is C13H19NO3S. The van der Waals surface area contributed by atoms with Crippen LogP contribution in [0.4, 0.5) is 0 Å². The molecule has 4 nitrogen and oxygen atoms in total. The average Bonchev–Trinajstić information content (AvgIpc) is 2.39. The van der Waals surface area contributed by atoms with Crippen LogP contribution in [0.1, 0.15) is 24.8 Å². The summed E-state index contributed by atoms with van der Waals surface area (Å²) in [6.45, 7) is 2.32. The third-order valence-electron chi connectivity index (χ3n) is 3.41. The Bertz CT molecular complexity index is 495. The van der Waals surface area contributed by atoms with Crippen molar-refractivity contribution >= 4 is 10.0 Å². The molecule has 1 heterocycles. The lowest BCUT2D eigenvalue weighted by Gasteiger charge is -2.33. The monoisotopic (exact) mass is 269 g/mol. The van der Waals surface area contributed by atoms with Crippen LogP contribution in [0, 0.1) is 6.92 Å². The van der Waals surface area contributed by atoms with Crippen molar-refractivity contribution in [2.75, 3.05) is 13.2 Å². The molecule has 2 rings (SSSR count). The van der Waals surface area contributed by atoms with Gasteiger partial charge in [0.2, 0.25) is 10.0 Å². The largest absolute Gasteiger partial charge is 0.395 e. The van der Waals surface area contributed by atoms with Crippen LogP contribution in [0.15, 0.2) is 29.2 Å². The maximum atomic E-state index is 12.5. The van der Waals surface area contributed by atoms with Crippen LogP contribution in [0.25, 0.3) is 0 Å². The van der Waals surface area contributed by atoms with E-state index in [4.69, 9.17) is 0 Å². The summed E-state index contributed by atoms with van der Waals surface area (Å²) in [6, 6.07) is 6.59. The highest BCUT2D eigenvalue weighted by Crippen LogP contribution is 2.25. The van der Waals surface area contributed by atoms with E-state index in [-0.39, 0.29) is 12.6 Å². The standard InChI is InChI=1S/C13H19NO3S/c1-11-5-7-13(8-6-11)18(16,17)14-9-3-2-4-12(14)10-15/h5-8,12,15H,2-4,9-10H2,1H3/t12-/m1/s1. The van der Waals surface area contributed by atoms with E-state index < -0.39 is 10.0 Å². The molecule has 1 aliphatic rings. The number of aliphatic hydroxyl groups excluding tert-OH is 1. The molecular weight excluding hydrogens is 250 g/mol. The molecule has 1 aliphatic heterocycles. The Hall–Kier alpha value is -0.910. The second kappa shape index (κ2) is 5.38. The van der Waals surface area contributed by atoms with Gasteiger partial charge in [0.25, 0.3) is 0 Å². The summed E-state index contributed by atoms with van der Waals surface area (Å²) in [4.78, 5) is 0.313. The lowest BCUT2D eigenvalue weighted by atomic mass is 10.1. The predicted octanol–water partition coefficient (Wildman–Crippen LogP) is 1.53. The number of hydrogen-bond acceptors (Lipinski definition) is 3. The quantitative estimate of drug-likeness (QED) is 0.905. The first-order chi connectivity index (χ1) is 8.55. The summed E-state index contributed by atoms with van der Waals surface area (Å²) >= 11 is 0. The van der Waals surface area contributed by atoms with Crippen LogP contribution < -0.4 is 0 Å². The molecule has 1 aromatic rings. The minimum atomic E-state index is -3.47. The zero-order chi connectivity index (χ0) is 13.2. The zero-order valence-electron chi connectivity index (χ0n) is 10.5. The van der Waals surface area contributed by atoms with Gasteiger partial charge in [-0.3, -0.25) is 0 Å². The van der Waals surface area contributed by atoms with Crippen LogP contribution in [0.5, 0.6) is 0 Å². The van der Waals surface area contributed by atoms with Crippen molar-refractivity contribution in [3.8, 4) is 0 Å². The van der Waals surface area contributed by atoms with Crippen molar-refractivity contribution < 1.29 is 13.5 Å². The first-order valence-electron chi connectivity index (χ1n) is 6.25. The Balaban J connectivity index is 2.32.